The predicted molar refractivity (Wildman–Crippen MR) is 106 cm³/mol. The molecule has 0 amide bonds. The molecule has 28 heavy (non-hydrogen) atoms. The van der Waals surface area contributed by atoms with Gasteiger partial charge in [-0.15, -0.1) is 0 Å². The van der Waals surface area contributed by atoms with Crippen LogP contribution in [0.3, 0.4) is 0 Å². The van der Waals surface area contributed by atoms with Crippen molar-refractivity contribution in [2.24, 2.45) is 0 Å². The van der Waals surface area contributed by atoms with Gasteiger partial charge in [-0.05, 0) is 31.7 Å². The lowest BCUT2D eigenvalue weighted by molar-refractivity contribution is 0.167. The fourth-order valence-corrected chi connectivity index (χ4v) is 3.96. The Morgan fingerprint density at radius 1 is 1.00 bits per heavy atom. The third-order valence-corrected chi connectivity index (χ3v) is 5.74. The molecule has 1 aliphatic heterocycles. The van der Waals surface area contributed by atoms with Crippen LogP contribution in [0.5, 0.6) is 0 Å². The van der Waals surface area contributed by atoms with Crippen molar-refractivity contribution in [2.75, 3.05) is 13.1 Å². The number of nitrogens with zero attached hydrogens (tertiary/aromatic N) is 4. The predicted octanol–water partition coefficient (Wildman–Crippen LogP) is 3.61. The molecule has 0 spiro atoms. The van der Waals surface area contributed by atoms with E-state index in [0.29, 0.717) is 5.92 Å². The zero-order valence-electron chi connectivity index (χ0n) is 15.8. The Balaban J connectivity index is 1.25. The van der Waals surface area contributed by atoms with Crippen LogP contribution >= 0.6 is 0 Å². The van der Waals surface area contributed by atoms with Crippen molar-refractivity contribution in [1.29, 1.82) is 0 Å². The molecule has 3 aromatic rings. The van der Waals surface area contributed by atoms with E-state index in [0.717, 1.165) is 55.2 Å². The lowest BCUT2D eigenvalue weighted by atomic mass is 10.0. The Kier molecular flexibility index (Phi) is 4.56. The van der Waals surface area contributed by atoms with Crippen molar-refractivity contribution >= 4 is 0 Å². The summed E-state index contributed by atoms with van der Waals surface area (Å²) in [5, 5.41) is 8.89. The van der Waals surface area contributed by atoms with E-state index in [1.54, 1.807) is 10.7 Å². The molecule has 1 aromatic carbocycles. The van der Waals surface area contributed by atoms with Gasteiger partial charge in [0.15, 0.2) is 0 Å². The van der Waals surface area contributed by atoms with Gasteiger partial charge in [-0.1, -0.05) is 35.5 Å². The maximum absolute atomic E-state index is 12.4. The average molecular weight is 376 g/mol. The van der Waals surface area contributed by atoms with Crippen molar-refractivity contribution in [3.63, 3.8) is 0 Å². The molecule has 6 heteroatoms. The zero-order chi connectivity index (χ0) is 18.9. The van der Waals surface area contributed by atoms with Gasteiger partial charge >= 0.3 is 0 Å². The summed E-state index contributed by atoms with van der Waals surface area (Å²) >= 11 is 0. The van der Waals surface area contributed by atoms with Crippen LogP contribution in [0, 0.1) is 0 Å². The summed E-state index contributed by atoms with van der Waals surface area (Å²) in [4.78, 5) is 14.8. The number of likely N-dealkylation sites (tertiary alicyclic amines) is 1. The summed E-state index contributed by atoms with van der Waals surface area (Å²) in [6.07, 6.45) is 4.28. The maximum atomic E-state index is 12.4. The van der Waals surface area contributed by atoms with Gasteiger partial charge < -0.3 is 4.52 Å². The van der Waals surface area contributed by atoms with Crippen LogP contribution in [0.4, 0.5) is 0 Å². The molecule has 2 fully saturated rings. The van der Waals surface area contributed by atoms with Crippen molar-refractivity contribution in [1.82, 2.24) is 19.8 Å². The first-order valence-electron chi connectivity index (χ1n) is 10.1. The van der Waals surface area contributed by atoms with Crippen LogP contribution in [-0.4, -0.2) is 32.9 Å². The summed E-state index contributed by atoms with van der Waals surface area (Å²) in [6.45, 7) is 2.68. The minimum absolute atomic E-state index is 0.0243. The second-order valence-corrected chi connectivity index (χ2v) is 7.87. The molecular formula is C22H24N4O2. The minimum Gasteiger partial charge on any atom is -0.361 e. The van der Waals surface area contributed by atoms with Crippen LogP contribution in [0.15, 0.2) is 57.8 Å². The largest absolute Gasteiger partial charge is 0.361 e. The number of benzene rings is 1. The summed E-state index contributed by atoms with van der Waals surface area (Å²) in [5.41, 5.74) is 2.87. The first-order chi connectivity index (χ1) is 13.8. The van der Waals surface area contributed by atoms with Gasteiger partial charge in [-0.3, -0.25) is 9.69 Å². The van der Waals surface area contributed by atoms with Crippen LogP contribution < -0.4 is 5.56 Å². The standard InChI is InChI=1S/C22H24N4O2/c27-22-9-8-20(16-4-2-1-3-5-16)23-26(22)19-10-12-25(13-11-19)15-18-14-21(28-24-18)17-6-7-17/h1-5,8-9,14,17,19H,6-7,10-13,15H2. The summed E-state index contributed by atoms with van der Waals surface area (Å²) in [7, 11) is 0. The molecule has 0 N–H and O–H groups in total. The molecule has 1 aliphatic carbocycles. The Labute approximate surface area is 163 Å². The molecule has 1 saturated carbocycles. The van der Waals surface area contributed by atoms with Crippen LogP contribution in [0.1, 0.15) is 49.1 Å². The number of hydrogen-bond acceptors (Lipinski definition) is 5. The second-order valence-electron chi connectivity index (χ2n) is 7.87. The summed E-state index contributed by atoms with van der Waals surface area (Å²) in [6, 6.07) is 15.7. The minimum atomic E-state index is -0.0243. The third-order valence-electron chi connectivity index (χ3n) is 5.74. The van der Waals surface area contributed by atoms with Crippen LogP contribution in [0.25, 0.3) is 11.3 Å². The molecule has 6 nitrogen and oxygen atoms in total. The van der Waals surface area contributed by atoms with Crippen molar-refractivity contribution in [3.05, 3.63) is 70.3 Å². The summed E-state index contributed by atoms with van der Waals surface area (Å²) < 4.78 is 7.14. The topological polar surface area (TPSA) is 64.2 Å². The molecule has 0 unspecified atom stereocenters. The van der Waals surface area contributed by atoms with Crippen molar-refractivity contribution in [2.45, 2.75) is 44.2 Å². The van der Waals surface area contributed by atoms with E-state index >= 15 is 0 Å². The highest BCUT2D eigenvalue weighted by Gasteiger charge is 2.28. The second kappa shape index (κ2) is 7.36. The van der Waals surface area contributed by atoms with E-state index in [-0.39, 0.29) is 11.6 Å². The van der Waals surface area contributed by atoms with E-state index < -0.39 is 0 Å². The van der Waals surface area contributed by atoms with E-state index in [1.165, 1.54) is 12.8 Å². The molecular weight excluding hydrogens is 352 g/mol. The number of piperidine rings is 1. The van der Waals surface area contributed by atoms with Crippen molar-refractivity contribution < 1.29 is 4.52 Å². The molecule has 2 aromatic heterocycles. The highest BCUT2D eigenvalue weighted by molar-refractivity contribution is 5.57. The Morgan fingerprint density at radius 3 is 2.54 bits per heavy atom. The molecule has 1 saturated heterocycles. The molecule has 0 bridgehead atoms. The third kappa shape index (κ3) is 3.64. The normalized spacial score (nSPS) is 18.4. The van der Waals surface area contributed by atoms with Gasteiger partial charge in [0.1, 0.15) is 5.76 Å². The number of rotatable bonds is 5. The molecule has 0 atom stereocenters. The van der Waals surface area contributed by atoms with E-state index in [2.05, 4.69) is 21.2 Å². The maximum Gasteiger partial charge on any atom is 0.267 e. The van der Waals surface area contributed by atoms with Gasteiger partial charge in [0.25, 0.3) is 5.56 Å². The van der Waals surface area contributed by atoms with E-state index in [4.69, 9.17) is 4.52 Å². The van der Waals surface area contributed by atoms with Gasteiger partial charge in [-0.25, -0.2) is 4.68 Å². The Bertz CT molecular complexity index is 999. The van der Waals surface area contributed by atoms with Gasteiger partial charge in [-0.2, -0.15) is 5.10 Å². The fourth-order valence-electron chi connectivity index (χ4n) is 3.96. The first kappa shape index (κ1) is 17.4. The highest BCUT2D eigenvalue weighted by Crippen LogP contribution is 2.40. The lowest BCUT2D eigenvalue weighted by Crippen LogP contribution is -2.38. The molecule has 2 aliphatic rings. The number of aromatic nitrogens is 3. The first-order valence-corrected chi connectivity index (χ1v) is 10.1. The number of hydrogen-bond donors (Lipinski definition) is 0. The van der Waals surface area contributed by atoms with Crippen molar-refractivity contribution in [3.8, 4) is 11.3 Å². The average Bonchev–Trinajstić information content (AvgIpc) is 3.49. The van der Waals surface area contributed by atoms with Gasteiger partial charge in [0, 0.05) is 43.2 Å². The molecule has 3 heterocycles. The monoisotopic (exact) mass is 376 g/mol. The highest BCUT2D eigenvalue weighted by atomic mass is 16.5. The van der Waals surface area contributed by atoms with E-state index in [1.807, 2.05) is 36.4 Å². The quantitative estimate of drug-likeness (QED) is 0.681. The van der Waals surface area contributed by atoms with Crippen LogP contribution in [0.2, 0.25) is 0 Å². The smallest absolute Gasteiger partial charge is 0.267 e. The lowest BCUT2D eigenvalue weighted by Gasteiger charge is -2.31. The zero-order valence-corrected chi connectivity index (χ0v) is 15.8. The van der Waals surface area contributed by atoms with Gasteiger partial charge in [0.2, 0.25) is 0 Å². The molecule has 144 valence electrons. The van der Waals surface area contributed by atoms with Gasteiger partial charge in [0.05, 0.1) is 17.4 Å². The Hall–Kier alpha value is -2.73. The molecule has 0 radical (unpaired) electrons. The fraction of sp³-hybridized carbons (Fsp3) is 0.409. The Morgan fingerprint density at radius 2 is 1.79 bits per heavy atom. The van der Waals surface area contributed by atoms with E-state index in [9.17, 15) is 4.79 Å². The van der Waals surface area contributed by atoms with Crippen LogP contribution in [-0.2, 0) is 6.54 Å². The SMILES string of the molecule is O=c1ccc(-c2ccccc2)nn1C1CCN(Cc2cc(C3CC3)on2)CC1. The summed E-state index contributed by atoms with van der Waals surface area (Å²) in [5.74, 6) is 1.64. The molecule has 5 rings (SSSR count).